The van der Waals surface area contributed by atoms with Crippen LogP contribution in [0, 0.1) is 0 Å². The zero-order valence-corrected chi connectivity index (χ0v) is 16.2. The highest BCUT2D eigenvalue weighted by Gasteiger charge is 2.41. The van der Waals surface area contributed by atoms with E-state index in [2.05, 4.69) is 10.6 Å². The Morgan fingerprint density at radius 1 is 1.19 bits per heavy atom. The Morgan fingerprint density at radius 2 is 1.89 bits per heavy atom. The van der Waals surface area contributed by atoms with Gasteiger partial charge in [-0.25, -0.2) is 4.79 Å². The number of carbonyl (C=O) groups is 2. The maximum absolute atomic E-state index is 12.1. The molecule has 3 rings (SSSR count). The Morgan fingerprint density at radius 3 is 2.52 bits per heavy atom. The molecule has 0 aromatic rings. The first-order chi connectivity index (χ1) is 13.0. The summed E-state index contributed by atoms with van der Waals surface area (Å²) in [5.74, 6) is -1.23. The molecule has 2 saturated carbocycles. The predicted molar refractivity (Wildman–Crippen MR) is 99.5 cm³/mol. The normalized spacial score (nSPS) is 29.9. The lowest BCUT2D eigenvalue weighted by molar-refractivity contribution is -0.175. The van der Waals surface area contributed by atoms with Gasteiger partial charge in [0.2, 0.25) is 0 Å². The highest BCUT2D eigenvalue weighted by atomic mass is 16.7. The number of amides is 2. The molecule has 3 fully saturated rings. The molecule has 0 bridgehead atoms. The largest absolute Gasteiger partial charge is 0.480 e. The molecule has 1 aliphatic heterocycles. The Balaban J connectivity index is 1.32. The Hall–Kier alpha value is -1.38. The third kappa shape index (κ3) is 5.56. The molecule has 0 radical (unpaired) electrons. The summed E-state index contributed by atoms with van der Waals surface area (Å²) in [5.41, 5.74) is 0. The number of aliphatic carboxylic acids is 1. The van der Waals surface area contributed by atoms with Crippen LogP contribution in [0.2, 0.25) is 0 Å². The van der Waals surface area contributed by atoms with Gasteiger partial charge in [-0.15, -0.1) is 0 Å². The molecule has 1 spiro atoms. The van der Waals surface area contributed by atoms with E-state index < -0.39 is 11.8 Å². The Bertz CT molecular complexity index is 515. The fourth-order valence-electron chi connectivity index (χ4n) is 4.37. The van der Waals surface area contributed by atoms with Crippen molar-refractivity contribution in [3.05, 3.63) is 0 Å². The quantitative estimate of drug-likeness (QED) is 0.619. The van der Waals surface area contributed by atoms with Crippen LogP contribution in [0.25, 0.3) is 0 Å². The van der Waals surface area contributed by atoms with Gasteiger partial charge in [-0.3, -0.25) is 9.69 Å². The number of likely N-dealkylation sites (N-methyl/N-ethyl adjacent to an activating group) is 1. The van der Waals surface area contributed by atoms with E-state index in [1.54, 1.807) is 0 Å². The molecule has 8 nitrogen and oxygen atoms in total. The topological polar surface area (TPSA) is 100 Å². The molecule has 1 heterocycles. The SMILES string of the molecule is CCN(CC(=O)O)C1CC(NC(=O)NCC2COC3(CCCCCC3)O2)C1. The first-order valence-electron chi connectivity index (χ1n) is 10.3. The third-order valence-corrected chi connectivity index (χ3v) is 5.98. The van der Waals surface area contributed by atoms with Crippen LogP contribution in [0.1, 0.15) is 58.3 Å². The maximum Gasteiger partial charge on any atom is 0.317 e. The van der Waals surface area contributed by atoms with Crippen LogP contribution >= 0.6 is 0 Å². The van der Waals surface area contributed by atoms with E-state index in [4.69, 9.17) is 14.6 Å². The first-order valence-corrected chi connectivity index (χ1v) is 10.3. The summed E-state index contributed by atoms with van der Waals surface area (Å²) < 4.78 is 12.1. The van der Waals surface area contributed by atoms with Crippen molar-refractivity contribution in [3.8, 4) is 0 Å². The number of carbonyl (C=O) groups excluding carboxylic acids is 1. The Kier molecular flexibility index (Phi) is 6.94. The number of hydrogen-bond donors (Lipinski definition) is 3. The number of hydrogen-bond acceptors (Lipinski definition) is 5. The highest BCUT2D eigenvalue weighted by molar-refractivity contribution is 5.74. The van der Waals surface area contributed by atoms with Gasteiger partial charge in [0.25, 0.3) is 0 Å². The molecule has 1 saturated heterocycles. The zero-order chi connectivity index (χ0) is 19.3. The van der Waals surface area contributed by atoms with Gasteiger partial charge >= 0.3 is 12.0 Å². The number of urea groups is 1. The van der Waals surface area contributed by atoms with E-state index in [9.17, 15) is 9.59 Å². The summed E-state index contributed by atoms with van der Waals surface area (Å²) in [4.78, 5) is 24.9. The number of nitrogens with one attached hydrogen (secondary N) is 2. The van der Waals surface area contributed by atoms with Gasteiger partial charge in [-0.05, 0) is 32.2 Å². The van der Waals surface area contributed by atoms with E-state index in [0.29, 0.717) is 19.7 Å². The van der Waals surface area contributed by atoms with Gasteiger partial charge in [0.15, 0.2) is 5.79 Å². The van der Waals surface area contributed by atoms with Crippen LogP contribution in [0.3, 0.4) is 0 Å². The molecule has 1 atom stereocenters. The summed E-state index contributed by atoms with van der Waals surface area (Å²) in [7, 11) is 0. The minimum atomic E-state index is -0.809. The maximum atomic E-state index is 12.1. The van der Waals surface area contributed by atoms with Gasteiger partial charge < -0.3 is 25.2 Å². The number of ether oxygens (including phenoxy) is 2. The number of carboxylic acid groups (broad SMARTS) is 1. The van der Waals surface area contributed by atoms with Crippen molar-refractivity contribution in [3.63, 3.8) is 0 Å². The van der Waals surface area contributed by atoms with Crippen molar-refractivity contribution in [1.82, 2.24) is 15.5 Å². The molecular formula is C19H33N3O5. The average Bonchev–Trinajstić information content (AvgIpc) is 2.85. The first kappa shape index (κ1) is 20.4. The minimum Gasteiger partial charge on any atom is -0.480 e. The van der Waals surface area contributed by atoms with Crippen LogP contribution in [0.4, 0.5) is 4.79 Å². The van der Waals surface area contributed by atoms with E-state index in [1.165, 1.54) is 12.8 Å². The molecule has 3 aliphatic rings. The predicted octanol–water partition coefficient (Wildman–Crippen LogP) is 1.69. The Labute approximate surface area is 160 Å². The van der Waals surface area contributed by atoms with Crippen molar-refractivity contribution in [2.75, 3.05) is 26.2 Å². The van der Waals surface area contributed by atoms with Gasteiger partial charge in [0.1, 0.15) is 6.10 Å². The smallest absolute Gasteiger partial charge is 0.317 e. The standard InChI is InChI=1S/C19H33N3O5/c1-2-22(12-17(23)24)15-9-14(10-15)21-18(25)20-11-16-13-26-19(27-16)7-5-3-4-6-8-19/h14-16H,2-13H2,1H3,(H,23,24)(H2,20,21,25). The fourth-order valence-corrected chi connectivity index (χ4v) is 4.37. The number of nitrogens with zero attached hydrogens (tertiary/aromatic N) is 1. The van der Waals surface area contributed by atoms with Gasteiger partial charge in [-0.2, -0.15) is 0 Å². The molecule has 3 N–H and O–H groups in total. The lowest BCUT2D eigenvalue weighted by Gasteiger charge is -2.42. The van der Waals surface area contributed by atoms with Crippen LogP contribution < -0.4 is 10.6 Å². The summed E-state index contributed by atoms with van der Waals surface area (Å²) in [6.07, 6.45) is 8.15. The summed E-state index contributed by atoms with van der Waals surface area (Å²) in [5, 5.41) is 14.8. The van der Waals surface area contributed by atoms with E-state index in [0.717, 1.165) is 38.5 Å². The van der Waals surface area contributed by atoms with E-state index in [1.807, 2.05) is 11.8 Å². The van der Waals surface area contributed by atoms with Crippen molar-refractivity contribution >= 4 is 12.0 Å². The lowest BCUT2D eigenvalue weighted by Crippen LogP contribution is -2.56. The molecule has 154 valence electrons. The van der Waals surface area contributed by atoms with E-state index >= 15 is 0 Å². The van der Waals surface area contributed by atoms with Crippen LogP contribution in [-0.2, 0) is 14.3 Å². The van der Waals surface area contributed by atoms with Gasteiger partial charge in [0, 0.05) is 31.5 Å². The molecule has 2 aliphatic carbocycles. The van der Waals surface area contributed by atoms with Crippen LogP contribution in [-0.4, -0.2) is 72.2 Å². The van der Waals surface area contributed by atoms with E-state index in [-0.39, 0.29) is 30.8 Å². The second-order valence-electron chi connectivity index (χ2n) is 8.01. The molecular weight excluding hydrogens is 350 g/mol. The van der Waals surface area contributed by atoms with Gasteiger partial charge in [0.05, 0.1) is 13.2 Å². The highest BCUT2D eigenvalue weighted by Crippen LogP contribution is 2.36. The molecule has 1 unspecified atom stereocenters. The fraction of sp³-hybridized carbons (Fsp3) is 0.895. The summed E-state index contributed by atoms with van der Waals surface area (Å²) in [6, 6.07) is 0.148. The van der Waals surface area contributed by atoms with Crippen molar-refractivity contribution < 1.29 is 24.2 Å². The van der Waals surface area contributed by atoms with Gasteiger partial charge in [-0.1, -0.05) is 19.8 Å². The summed E-state index contributed by atoms with van der Waals surface area (Å²) >= 11 is 0. The summed E-state index contributed by atoms with van der Waals surface area (Å²) in [6.45, 7) is 3.70. The molecule has 2 amide bonds. The monoisotopic (exact) mass is 383 g/mol. The van der Waals surface area contributed by atoms with Crippen molar-refractivity contribution in [1.29, 1.82) is 0 Å². The molecule has 8 heteroatoms. The number of carboxylic acids is 1. The third-order valence-electron chi connectivity index (χ3n) is 5.98. The molecule has 27 heavy (non-hydrogen) atoms. The zero-order valence-electron chi connectivity index (χ0n) is 16.2. The lowest BCUT2D eigenvalue weighted by atomic mass is 9.85. The van der Waals surface area contributed by atoms with Crippen LogP contribution in [0.5, 0.6) is 0 Å². The molecule has 0 aromatic carbocycles. The van der Waals surface area contributed by atoms with Crippen LogP contribution in [0.15, 0.2) is 0 Å². The van der Waals surface area contributed by atoms with Crippen molar-refractivity contribution in [2.24, 2.45) is 0 Å². The average molecular weight is 383 g/mol. The van der Waals surface area contributed by atoms with Crippen molar-refractivity contribution in [2.45, 2.75) is 82.3 Å². The number of rotatable bonds is 7. The second kappa shape index (κ2) is 9.21. The molecule has 0 aromatic heterocycles. The second-order valence-corrected chi connectivity index (χ2v) is 8.01. The minimum absolute atomic E-state index is 0.0564.